The van der Waals surface area contributed by atoms with E-state index in [1.807, 2.05) is 19.1 Å². The molecule has 2 aromatic rings. The molecule has 106 valence electrons. The second-order valence-corrected chi connectivity index (χ2v) is 7.41. The summed E-state index contributed by atoms with van der Waals surface area (Å²) < 4.78 is 28.6. The van der Waals surface area contributed by atoms with E-state index in [2.05, 4.69) is 27.3 Å². The van der Waals surface area contributed by atoms with Crippen LogP contribution in [0.5, 0.6) is 0 Å². The third-order valence-electron chi connectivity index (χ3n) is 3.05. The van der Waals surface area contributed by atoms with E-state index in [1.165, 1.54) is 0 Å². The zero-order valence-corrected chi connectivity index (χ0v) is 14.1. The molecule has 0 atom stereocenters. The summed E-state index contributed by atoms with van der Waals surface area (Å²) in [6, 6.07) is 10.6. The first-order chi connectivity index (χ1) is 9.31. The van der Waals surface area contributed by atoms with Crippen LogP contribution in [0.3, 0.4) is 0 Å². The Bertz CT molecular complexity index is 758. The van der Waals surface area contributed by atoms with Gasteiger partial charge in [0.15, 0.2) is 0 Å². The summed E-state index contributed by atoms with van der Waals surface area (Å²) in [5.74, 6) is 0. The van der Waals surface area contributed by atoms with Crippen LogP contribution in [-0.2, 0) is 10.0 Å². The van der Waals surface area contributed by atoms with Gasteiger partial charge >= 0.3 is 0 Å². The summed E-state index contributed by atoms with van der Waals surface area (Å²) in [5.41, 5.74) is 8.18. The van der Waals surface area contributed by atoms with E-state index in [0.717, 1.165) is 9.13 Å². The molecule has 0 aromatic heterocycles. The number of nitrogen functional groups attached to an aromatic ring is 1. The van der Waals surface area contributed by atoms with Crippen molar-refractivity contribution in [1.29, 1.82) is 0 Å². The van der Waals surface area contributed by atoms with Crippen LogP contribution < -0.4 is 10.5 Å². The first-order valence-electron chi connectivity index (χ1n) is 5.95. The molecular weight excluding hydrogens is 387 g/mol. The lowest BCUT2D eigenvalue weighted by molar-refractivity contribution is 0.601. The molecule has 20 heavy (non-hydrogen) atoms. The molecule has 0 fully saturated rings. The molecule has 0 saturated carbocycles. The summed E-state index contributed by atoms with van der Waals surface area (Å²) in [4.78, 5) is 0.149. The van der Waals surface area contributed by atoms with Crippen LogP contribution in [-0.4, -0.2) is 8.42 Å². The predicted molar refractivity (Wildman–Crippen MR) is 90.3 cm³/mol. The zero-order valence-electron chi connectivity index (χ0n) is 11.1. The van der Waals surface area contributed by atoms with E-state index >= 15 is 0 Å². The molecule has 0 saturated heterocycles. The van der Waals surface area contributed by atoms with E-state index in [4.69, 9.17) is 5.73 Å². The van der Waals surface area contributed by atoms with Crippen LogP contribution in [0.1, 0.15) is 11.1 Å². The number of halogens is 1. The highest BCUT2D eigenvalue weighted by Gasteiger charge is 2.21. The number of nitrogens with two attached hydrogens (primary N) is 1. The highest BCUT2D eigenvalue weighted by Crippen LogP contribution is 2.27. The molecule has 0 aliphatic heterocycles. The third kappa shape index (κ3) is 3.06. The maximum Gasteiger partial charge on any atom is 0.264 e. The van der Waals surface area contributed by atoms with Gasteiger partial charge in [0.05, 0.1) is 5.69 Å². The molecule has 4 nitrogen and oxygen atoms in total. The maximum absolute atomic E-state index is 12.5. The zero-order chi connectivity index (χ0) is 14.9. The van der Waals surface area contributed by atoms with Crippen molar-refractivity contribution < 1.29 is 8.42 Å². The number of hydrogen-bond acceptors (Lipinski definition) is 3. The highest BCUT2D eigenvalue weighted by atomic mass is 127. The van der Waals surface area contributed by atoms with Crippen LogP contribution >= 0.6 is 22.6 Å². The van der Waals surface area contributed by atoms with Gasteiger partial charge in [-0.25, -0.2) is 8.42 Å². The number of sulfonamides is 1. The summed E-state index contributed by atoms with van der Waals surface area (Å²) in [7, 11) is -3.69. The Balaban J connectivity index is 2.49. The minimum absolute atomic E-state index is 0.149. The monoisotopic (exact) mass is 402 g/mol. The lowest BCUT2D eigenvalue weighted by Gasteiger charge is -2.14. The van der Waals surface area contributed by atoms with Gasteiger partial charge in [0.1, 0.15) is 4.90 Å². The molecule has 6 heteroatoms. The van der Waals surface area contributed by atoms with Crippen molar-refractivity contribution in [2.24, 2.45) is 0 Å². The van der Waals surface area contributed by atoms with Crippen LogP contribution in [0.25, 0.3) is 0 Å². The number of hydrogen-bond donors (Lipinski definition) is 2. The van der Waals surface area contributed by atoms with Crippen molar-refractivity contribution in [3.8, 4) is 0 Å². The average Bonchev–Trinajstić information content (AvgIpc) is 2.33. The number of benzene rings is 2. The Hall–Kier alpha value is -1.28. The summed E-state index contributed by atoms with van der Waals surface area (Å²) >= 11 is 2.13. The fourth-order valence-corrected chi connectivity index (χ4v) is 3.95. The van der Waals surface area contributed by atoms with Crippen molar-refractivity contribution in [1.82, 2.24) is 0 Å². The number of aryl methyl sites for hydroxylation is 1. The topological polar surface area (TPSA) is 72.2 Å². The Morgan fingerprint density at radius 2 is 1.85 bits per heavy atom. The second-order valence-electron chi connectivity index (χ2n) is 4.54. The van der Waals surface area contributed by atoms with Crippen LogP contribution in [0, 0.1) is 17.4 Å². The molecule has 0 unspecified atom stereocenters. The Labute approximate surface area is 132 Å². The van der Waals surface area contributed by atoms with Crippen LogP contribution in [0.2, 0.25) is 0 Å². The molecule has 3 N–H and O–H groups in total. The van der Waals surface area contributed by atoms with Gasteiger partial charge in [-0.15, -0.1) is 0 Å². The van der Waals surface area contributed by atoms with Crippen molar-refractivity contribution in [2.45, 2.75) is 18.7 Å². The molecule has 0 radical (unpaired) electrons. The standard InChI is InChI=1S/C14H15IN2O2S/c1-9-6-7-13(16)14(10(9)2)20(18,19)17-12-5-3-4-11(15)8-12/h3-8,17H,16H2,1-2H3. The molecule has 0 bridgehead atoms. The average molecular weight is 402 g/mol. The van der Waals surface area contributed by atoms with Gasteiger partial charge in [-0.2, -0.15) is 0 Å². The lowest BCUT2D eigenvalue weighted by atomic mass is 10.1. The molecule has 0 heterocycles. The first kappa shape index (κ1) is 15.1. The Kier molecular flexibility index (Phi) is 4.24. The minimum atomic E-state index is -3.69. The number of anilines is 2. The summed E-state index contributed by atoms with van der Waals surface area (Å²) in [6.07, 6.45) is 0. The van der Waals surface area contributed by atoms with Crippen molar-refractivity contribution >= 4 is 44.0 Å². The largest absolute Gasteiger partial charge is 0.398 e. The molecule has 2 rings (SSSR count). The van der Waals surface area contributed by atoms with E-state index in [1.54, 1.807) is 31.2 Å². The molecule has 0 aliphatic carbocycles. The maximum atomic E-state index is 12.5. The lowest BCUT2D eigenvalue weighted by Crippen LogP contribution is -2.16. The molecule has 0 spiro atoms. The van der Waals surface area contributed by atoms with Gasteiger partial charge in [-0.1, -0.05) is 12.1 Å². The fourth-order valence-electron chi connectivity index (χ4n) is 1.93. The van der Waals surface area contributed by atoms with Crippen molar-refractivity contribution in [3.63, 3.8) is 0 Å². The summed E-state index contributed by atoms with van der Waals surface area (Å²) in [5, 5.41) is 0. The number of rotatable bonds is 3. The van der Waals surface area contributed by atoms with Gasteiger partial charge in [-0.05, 0) is 71.8 Å². The predicted octanol–water partition coefficient (Wildman–Crippen LogP) is 3.29. The Morgan fingerprint density at radius 3 is 2.50 bits per heavy atom. The van der Waals surface area contributed by atoms with E-state index in [-0.39, 0.29) is 10.6 Å². The normalized spacial score (nSPS) is 11.3. The van der Waals surface area contributed by atoms with Gasteiger partial charge < -0.3 is 5.73 Å². The molecular formula is C14H15IN2O2S. The fraction of sp³-hybridized carbons (Fsp3) is 0.143. The summed E-state index contributed by atoms with van der Waals surface area (Å²) in [6.45, 7) is 3.62. The van der Waals surface area contributed by atoms with Crippen LogP contribution in [0.4, 0.5) is 11.4 Å². The number of nitrogens with one attached hydrogen (secondary N) is 1. The van der Waals surface area contributed by atoms with Crippen molar-refractivity contribution in [2.75, 3.05) is 10.5 Å². The van der Waals surface area contributed by atoms with E-state index in [0.29, 0.717) is 11.3 Å². The minimum Gasteiger partial charge on any atom is -0.398 e. The van der Waals surface area contributed by atoms with E-state index in [9.17, 15) is 8.42 Å². The van der Waals surface area contributed by atoms with E-state index < -0.39 is 10.0 Å². The molecule has 2 aromatic carbocycles. The first-order valence-corrected chi connectivity index (χ1v) is 8.51. The quantitative estimate of drug-likeness (QED) is 0.612. The van der Waals surface area contributed by atoms with Crippen LogP contribution in [0.15, 0.2) is 41.3 Å². The van der Waals surface area contributed by atoms with Gasteiger partial charge in [0.25, 0.3) is 10.0 Å². The highest BCUT2D eigenvalue weighted by molar-refractivity contribution is 14.1. The van der Waals surface area contributed by atoms with Gasteiger partial charge in [-0.3, -0.25) is 4.72 Å². The SMILES string of the molecule is Cc1ccc(N)c(S(=O)(=O)Nc2cccc(I)c2)c1C. The molecule has 0 aliphatic rings. The van der Waals surface area contributed by atoms with Gasteiger partial charge in [0.2, 0.25) is 0 Å². The second kappa shape index (κ2) is 5.61. The van der Waals surface area contributed by atoms with Gasteiger partial charge in [0, 0.05) is 9.26 Å². The Morgan fingerprint density at radius 1 is 1.15 bits per heavy atom. The third-order valence-corrected chi connectivity index (χ3v) is 5.31. The molecule has 0 amide bonds. The smallest absolute Gasteiger partial charge is 0.264 e. The van der Waals surface area contributed by atoms with Crippen molar-refractivity contribution in [3.05, 3.63) is 51.1 Å².